The summed E-state index contributed by atoms with van der Waals surface area (Å²) < 4.78 is 3.10. The first-order valence-electron chi connectivity index (χ1n) is 8.38. The molecule has 2 aromatic rings. The Morgan fingerprint density at radius 1 is 1.25 bits per heavy atom. The van der Waals surface area contributed by atoms with E-state index in [-0.39, 0.29) is 12.4 Å². The maximum atomic E-state index is 4.70. The topological polar surface area (TPSA) is 33.1 Å². The van der Waals surface area contributed by atoms with Gasteiger partial charge in [-0.25, -0.2) is 4.68 Å². The van der Waals surface area contributed by atoms with E-state index in [1.54, 1.807) is 0 Å². The molecule has 4 rings (SSSR count). The van der Waals surface area contributed by atoms with Crippen LogP contribution >= 0.6 is 28.3 Å². The lowest BCUT2D eigenvalue weighted by Gasteiger charge is -2.22. The van der Waals surface area contributed by atoms with Crippen molar-refractivity contribution in [1.82, 2.24) is 20.0 Å². The molecule has 130 valence electrons. The van der Waals surface area contributed by atoms with Crippen molar-refractivity contribution < 1.29 is 0 Å². The number of halogens is 2. The van der Waals surface area contributed by atoms with Gasteiger partial charge in [0.2, 0.25) is 0 Å². The monoisotopic (exact) mass is 410 g/mol. The molecule has 1 N–H and O–H groups in total. The summed E-state index contributed by atoms with van der Waals surface area (Å²) in [7, 11) is 0. The number of rotatable bonds is 3. The van der Waals surface area contributed by atoms with Crippen LogP contribution in [0.15, 0.2) is 34.9 Å². The van der Waals surface area contributed by atoms with Gasteiger partial charge < -0.3 is 5.32 Å². The molecule has 3 heterocycles. The normalized spacial score (nSPS) is 23.8. The highest BCUT2D eigenvalue weighted by molar-refractivity contribution is 9.10. The summed E-state index contributed by atoms with van der Waals surface area (Å²) in [5.74, 6) is 0. The Labute approximate surface area is 158 Å². The molecule has 24 heavy (non-hydrogen) atoms. The summed E-state index contributed by atoms with van der Waals surface area (Å²) in [6.07, 6.45) is 4.86. The van der Waals surface area contributed by atoms with Crippen molar-refractivity contribution in [3.05, 3.63) is 46.2 Å². The SMILES string of the molecule is Cc1nn(-c2ccc(Br)cc2)cc1CN1CCC2(CCNC2)C1.Cl. The molecule has 2 saturated heterocycles. The van der Waals surface area contributed by atoms with Crippen LogP contribution in [-0.4, -0.2) is 40.9 Å². The maximum absolute atomic E-state index is 4.70. The second-order valence-electron chi connectivity index (χ2n) is 7.05. The number of aromatic nitrogens is 2. The van der Waals surface area contributed by atoms with Crippen LogP contribution in [0.5, 0.6) is 0 Å². The van der Waals surface area contributed by atoms with Crippen molar-refractivity contribution >= 4 is 28.3 Å². The molecule has 2 aliphatic rings. The molecule has 1 unspecified atom stereocenters. The Morgan fingerprint density at radius 3 is 2.75 bits per heavy atom. The van der Waals surface area contributed by atoms with Crippen LogP contribution in [0.3, 0.4) is 0 Å². The molecule has 0 amide bonds. The fourth-order valence-electron chi connectivity index (χ4n) is 3.92. The lowest BCUT2D eigenvalue weighted by molar-refractivity contribution is 0.268. The van der Waals surface area contributed by atoms with E-state index >= 15 is 0 Å². The van der Waals surface area contributed by atoms with Gasteiger partial charge in [0.1, 0.15) is 0 Å². The van der Waals surface area contributed by atoms with E-state index in [0.717, 1.165) is 22.4 Å². The van der Waals surface area contributed by atoms with Crippen molar-refractivity contribution in [2.45, 2.75) is 26.3 Å². The van der Waals surface area contributed by atoms with Crippen LogP contribution in [0.4, 0.5) is 0 Å². The summed E-state index contributed by atoms with van der Waals surface area (Å²) in [5.41, 5.74) is 4.13. The molecule has 1 spiro atoms. The number of likely N-dealkylation sites (tertiary alicyclic amines) is 1. The molecule has 6 heteroatoms. The predicted molar refractivity (Wildman–Crippen MR) is 103 cm³/mol. The average Bonchev–Trinajstić information content (AvgIpc) is 3.24. The highest BCUT2D eigenvalue weighted by atomic mass is 79.9. The maximum Gasteiger partial charge on any atom is 0.0646 e. The first-order valence-corrected chi connectivity index (χ1v) is 9.17. The van der Waals surface area contributed by atoms with E-state index in [4.69, 9.17) is 5.10 Å². The van der Waals surface area contributed by atoms with E-state index in [1.165, 1.54) is 44.6 Å². The van der Waals surface area contributed by atoms with Crippen molar-refractivity contribution in [2.24, 2.45) is 5.41 Å². The third-order valence-electron chi connectivity index (χ3n) is 5.34. The summed E-state index contributed by atoms with van der Waals surface area (Å²) >= 11 is 3.48. The highest BCUT2D eigenvalue weighted by Gasteiger charge is 2.40. The highest BCUT2D eigenvalue weighted by Crippen LogP contribution is 2.36. The summed E-state index contributed by atoms with van der Waals surface area (Å²) in [5, 5.41) is 8.24. The Balaban J connectivity index is 0.00000169. The van der Waals surface area contributed by atoms with Gasteiger partial charge in [0.15, 0.2) is 0 Å². The predicted octanol–water partition coefficient (Wildman–Crippen LogP) is 3.55. The minimum absolute atomic E-state index is 0. The van der Waals surface area contributed by atoms with Crippen molar-refractivity contribution in [2.75, 3.05) is 26.2 Å². The second kappa shape index (κ2) is 7.16. The molecule has 1 aromatic heterocycles. The number of nitrogens with one attached hydrogen (secondary N) is 1. The fourth-order valence-corrected chi connectivity index (χ4v) is 4.19. The molecular weight excluding hydrogens is 388 g/mol. The van der Waals surface area contributed by atoms with Crippen molar-refractivity contribution in [3.8, 4) is 5.69 Å². The Kier molecular flexibility index (Phi) is 5.35. The van der Waals surface area contributed by atoms with Gasteiger partial charge in [0.25, 0.3) is 0 Å². The molecule has 2 fully saturated rings. The van der Waals surface area contributed by atoms with E-state index < -0.39 is 0 Å². The minimum Gasteiger partial charge on any atom is -0.316 e. The quantitative estimate of drug-likeness (QED) is 0.838. The Morgan fingerprint density at radius 2 is 2.04 bits per heavy atom. The van der Waals surface area contributed by atoms with Gasteiger partial charge in [-0.2, -0.15) is 5.10 Å². The minimum atomic E-state index is 0. The molecule has 0 bridgehead atoms. The molecule has 1 atom stereocenters. The summed E-state index contributed by atoms with van der Waals surface area (Å²) in [4.78, 5) is 2.60. The van der Waals surface area contributed by atoms with Crippen LogP contribution in [0.25, 0.3) is 5.69 Å². The number of hydrogen-bond acceptors (Lipinski definition) is 3. The third kappa shape index (κ3) is 3.54. The summed E-state index contributed by atoms with van der Waals surface area (Å²) in [6, 6.07) is 8.30. The van der Waals surface area contributed by atoms with Crippen LogP contribution < -0.4 is 5.32 Å². The number of hydrogen-bond donors (Lipinski definition) is 1. The second-order valence-corrected chi connectivity index (χ2v) is 7.96. The summed E-state index contributed by atoms with van der Waals surface area (Å²) in [6.45, 7) is 7.96. The van der Waals surface area contributed by atoms with Crippen LogP contribution in [0.1, 0.15) is 24.1 Å². The average molecular weight is 412 g/mol. The Hall–Kier alpha value is -0.880. The zero-order valence-electron chi connectivity index (χ0n) is 14.0. The number of nitrogens with zero attached hydrogens (tertiary/aromatic N) is 3. The van der Waals surface area contributed by atoms with E-state index in [0.29, 0.717) is 5.41 Å². The van der Waals surface area contributed by atoms with Gasteiger partial charge in [-0.3, -0.25) is 4.90 Å². The molecule has 0 aliphatic carbocycles. The largest absolute Gasteiger partial charge is 0.316 e. The van der Waals surface area contributed by atoms with Gasteiger partial charge in [0.05, 0.1) is 11.4 Å². The number of benzene rings is 1. The molecular formula is C18H24BrClN4. The third-order valence-corrected chi connectivity index (χ3v) is 5.86. The van der Waals surface area contributed by atoms with Gasteiger partial charge in [-0.1, -0.05) is 15.9 Å². The van der Waals surface area contributed by atoms with E-state index in [9.17, 15) is 0 Å². The van der Waals surface area contributed by atoms with Gasteiger partial charge in [0, 0.05) is 35.9 Å². The first-order chi connectivity index (χ1) is 11.1. The zero-order valence-corrected chi connectivity index (χ0v) is 16.4. The lowest BCUT2D eigenvalue weighted by atomic mass is 9.87. The van der Waals surface area contributed by atoms with E-state index in [1.807, 2.05) is 4.68 Å². The van der Waals surface area contributed by atoms with Crippen molar-refractivity contribution in [3.63, 3.8) is 0 Å². The lowest BCUT2D eigenvalue weighted by Crippen LogP contribution is -2.29. The molecule has 2 aliphatic heterocycles. The smallest absolute Gasteiger partial charge is 0.0646 e. The van der Waals surface area contributed by atoms with E-state index in [2.05, 4.69) is 63.5 Å². The number of aryl methyl sites for hydroxylation is 1. The Bertz CT molecular complexity index is 692. The van der Waals surface area contributed by atoms with Gasteiger partial charge in [-0.15, -0.1) is 12.4 Å². The van der Waals surface area contributed by atoms with Crippen molar-refractivity contribution in [1.29, 1.82) is 0 Å². The molecule has 1 aromatic carbocycles. The molecule has 0 radical (unpaired) electrons. The molecule has 0 saturated carbocycles. The van der Waals surface area contributed by atoms with Crippen LogP contribution in [0.2, 0.25) is 0 Å². The standard InChI is InChI=1S/C18H23BrN4.ClH/c1-14-15(10-22-9-7-18(13-22)6-8-20-12-18)11-23(21-14)17-4-2-16(19)3-5-17;/h2-5,11,20H,6-10,12-13H2,1H3;1H. The van der Waals surface area contributed by atoms with Crippen LogP contribution in [0, 0.1) is 12.3 Å². The van der Waals surface area contributed by atoms with Crippen LogP contribution in [-0.2, 0) is 6.54 Å². The fraction of sp³-hybridized carbons (Fsp3) is 0.500. The molecule has 4 nitrogen and oxygen atoms in total. The first kappa shape index (κ1) is 17.9. The zero-order chi connectivity index (χ0) is 15.9. The van der Waals surface area contributed by atoms with Gasteiger partial charge >= 0.3 is 0 Å². The van der Waals surface area contributed by atoms with Gasteiger partial charge in [-0.05, 0) is 62.5 Å².